The Morgan fingerprint density at radius 1 is 1.50 bits per heavy atom. The summed E-state index contributed by atoms with van der Waals surface area (Å²) in [7, 11) is 0. The maximum atomic E-state index is 12.0. The molecule has 6 heteroatoms. The number of benzene rings is 1. The van der Waals surface area contributed by atoms with Gasteiger partial charge in [0.25, 0.3) is 5.91 Å². The summed E-state index contributed by atoms with van der Waals surface area (Å²) >= 11 is 5.97. The number of rotatable bonds is 4. The Morgan fingerprint density at radius 3 is 2.95 bits per heavy atom. The standard InChI is InChI=1S/C14H16ClNO4/c1-9-4-5-10(15)12(7-9)20-8-13(17)16-6-2-3-11(16)14(18)19/h4-5,7,11H,2-3,6,8H2,1H3,(H,18,19)/t11-/m0/s1. The second-order valence-corrected chi connectivity index (χ2v) is 5.21. The van der Waals surface area contributed by atoms with E-state index in [0.717, 1.165) is 5.56 Å². The molecule has 1 heterocycles. The van der Waals surface area contributed by atoms with E-state index in [1.165, 1.54) is 4.90 Å². The zero-order chi connectivity index (χ0) is 14.7. The third kappa shape index (κ3) is 3.22. The van der Waals surface area contributed by atoms with Crippen molar-refractivity contribution >= 4 is 23.5 Å². The molecule has 0 aliphatic carbocycles. The first-order valence-electron chi connectivity index (χ1n) is 6.40. The lowest BCUT2D eigenvalue weighted by molar-refractivity contribution is -0.148. The number of hydrogen-bond donors (Lipinski definition) is 1. The van der Waals surface area contributed by atoms with Gasteiger partial charge in [-0.15, -0.1) is 0 Å². The molecule has 1 aromatic carbocycles. The number of amides is 1. The largest absolute Gasteiger partial charge is 0.482 e. The van der Waals surface area contributed by atoms with Crippen LogP contribution < -0.4 is 4.74 Å². The molecule has 5 nitrogen and oxygen atoms in total. The Morgan fingerprint density at radius 2 is 2.25 bits per heavy atom. The molecule has 0 saturated carbocycles. The number of nitrogens with zero attached hydrogens (tertiary/aromatic N) is 1. The number of ether oxygens (including phenoxy) is 1. The van der Waals surface area contributed by atoms with Gasteiger partial charge in [-0.25, -0.2) is 4.79 Å². The predicted molar refractivity (Wildman–Crippen MR) is 74.1 cm³/mol. The number of aliphatic carboxylic acids is 1. The number of carbonyl (C=O) groups is 2. The van der Waals surface area contributed by atoms with E-state index in [2.05, 4.69) is 0 Å². The summed E-state index contributed by atoms with van der Waals surface area (Å²) in [5, 5.41) is 9.47. The fraction of sp³-hybridized carbons (Fsp3) is 0.429. The van der Waals surface area contributed by atoms with Gasteiger partial charge in [0.05, 0.1) is 5.02 Å². The summed E-state index contributed by atoms with van der Waals surface area (Å²) in [5.41, 5.74) is 0.974. The normalized spacial score (nSPS) is 18.1. The highest BCUT2D eigenvalue weighted by Gasteiger charge is 2.33. The zero-order valence-corrected chi connectivity index (χ0v) is 11.9. The maximum absolute atomic E-state index is 12.0. The minimum absolute atomic E-state index is 0.201. The number of carbonyl (C=O) groups excluding carboxylic acids is 1. The van der Waals surface area contributed by atoms with Crippen LogP contribution in [0.2, 0.25) is 5.02 Å². The first-order chi connectivity index (χ1) is 9.49. The molecule has 1 fully saturated rings. The summed E-state index contributed by atoms with van der Waals surface area (Å²) in [5.74, 6) is -0.858. The van der Waals surface area contributed by atoms with Gasteiger partial charge in [0.15, 0.2) is 6.61 Å². The Hall–Kier alpha value is -1.75. The SMILES string of the molecule is Cc1ccc(Cl)c(OCC(=O)N2CCC[C@H]2C(=O)O)c1. The van der Waals surface area contributed by atoms with Crippen LogP contribution in [0.15, 0.2) is 18.2 Å². The molecule has 1 aliphatic heterocycles. The highest BCUT2D eigenvalue weighted by molar-refractivity contribution is 6.32. The molecule has 1 aliphatic rings. The quantitative estimate of drug-likeness (QED) is 0.924. The summed E-state index contributed by atoms with van der Waals surface area (Å²) in [4.78, 5) is 24.4. The van der Waals surface area contributed by atoms with Crippen LogP contribution in [-0.2, 0) is 9.59 Å². The number of carboxylic acid groups (broad SMARTS) is 1. The smallest absolute Gasteiger partial charge is 0.326 e. The molecule has 1 aromatic rings. The summed E-state index contributed by atoms with van der Waals surface area (Å²) in [6, 6.07) is 4.55. The van der Waals surface area contributed by atoms with E-state index in [1.807, 2.05) is 13.0 Å². The van der Waals surface area contributed by atoms with Crippen molar-refractivity contribution < 1.29 is 19.4 Å². The molecular formula is C14H16ClNO4. The second-order valence-electron chi connectivity index (χ2n) is 4.81. The fourth-order valence-corrected chi connectivity index (χ4v) is 2.44. The van der Waals surface area contributed by atoms with E-state index in [9.17, 15) is 9.59 Å². The van der Waals surface area contributed by atoms with Crippen molar-refractivity contribution in [2.24, 2.45) is 0 Å². The highest BCUT2D eigenvalue weighted by Crippen LogP contribution is 2.25. The molecule has 1 atom stereocenters. The Labute approximate surface area is 122 Å². The number of hydrogen-bond acceptors (Lipinski definition) is 3. The van der Waals surface area contributed by atoms with Gasteiger partial charge in [0.1, 0.15) is 11.8 Å². The molecule has 0 aromatic heterocycles. The molecule has 0 bridgehead atoms. The van der Waals surface area contributed by atoms with E-state index in [0.29, 0.717) is 30.2 Å². The van der Waals surface area contributed by atoms with Crippen molar-refractivity contribution in [3.05, 3.63) is 28.8 Å². The van der Waals surface area contributed by atoms with Crippen LogP contribution in [0.4, 0.5) is 0 Å². The Kier molecular flexibility index (Phi) is 4.49. The molecule has 20 heavy (non-hydrogen) atoms. The Bertz CT molecular complexity index is 532. The third-order valence-electron chi connectivity index (χ3n) is 3.30. The molecular weight excluding hydrogens is 282 g/mol. The minimum atomic E-state index is -0.968. The minimum Gasteiger partial charge on any atom is -0.482 e. The van der Waals surface area contributed by atoms with Crippen LogP contribution in [0.3, 0.4) is 0 Å². The first kappa shape index (κ1) is 14.7. The second kappa shape index (κ2) is 6.13. The molecule has 1 amide bonds. The van der Waals surface area contributed by atoms with Crippen molar-refractivity contribution in [1.29, 1.82) is 0 Å². The van der Waals surface area contributed by atoms with Crippen LogP contribution in [0.1, 0.15) is 18.4 Å². The summed E-state index contributed by atoms with van der Waals surface area (Å²) in [6.45, 7) is 2.15. The monoisotopic (exact) mass is 297 g/mol. The van der Waals surface area contributed by atoms with Crippen molar-refractivity contribution in [1.82, 2.24) is 4.90 Å². The van der Waals surface area contributed by atoms with E-state index in [4.69, 9.17) is 21.4 Å². The van der Waals surface area contributed by atoms with Crippen LogP contribution >= 0.6 is 11.6 Å². The average molecular weight is 298 g/mol. The predicted octanol–water partition coefficient (Wildman–Crippen LogP) is 2.10. The molecule has 2 rings (SSSR count). The van der Waals surface area contributed by atoms with E-state index >= 15 is 0 Å². The molecule has 0 unspecified atom stereocenters. The van der Waals surface area contributed by atoms with Gasteiger partial charge >= 0.3 is 5.97 Å². The van der Waals surface area contributed by atoms with Crippen LogP contribution in [0, 0.1) is 6.92 Å². The number of halogens is 1. The van der Waals surface area contributed by atoms with Gasteiger partial charge in [-0.2, -0.15) is 0 Å². The molecule has 108 valence electrons. The number of carboxylic acids is 1. The van der Waals surface area contributed by atoms with Crippen molar-refractivity contribution in [3.8, 4) is 5.75 Å². The van der Waals surface area contributed by atoms with Crippen molar-refractivity contribution in [2.75, 3.05) is 13.2 Å². The van der Waals surface area contributed by atoms with Crippen molar-refractivity contribution in [2.45, 2.75) is 25.8 Å². The van der Waals surface area contributed by atoms with Gasteiger partial charge in [-0.1, -0.05) is 17.7 Å². The highest BCUT2D eigenvalue weighted by atomic mass is 35.5. The van der Waals surface area contributed by atoms with Crippen LogP contribution in [0.5, 0.6) is 5.75 Å². The molecule has 1 N–H and O–H groups in total. The summed E-state index contributed by atoms with van der Waals surface area (Å²) < 4.78 is 5.40. The van der Waals surface area contributed by atoms with Crippen molar-refractivity contribution in [3.63, 3.8) is 0 Å². The van der Waals surface area contributed by atoms with Gasteiger partial charge in [-0.3, -0.25) is 4.79 Å². The van der Waals surface area contributed by atoms with Gasteiger partial charge in [0, 0.05) is 6.54 Å². The van der Waals surface area contributed by atoms with Crippen LogP contribution in [-0.4, -0.2) is 41.1 Å². The van der Waals surface area contributed by atoms with E-state index < -0.39 is 12.0 Å². The Balaban J connectivity index is 1.98. The van der Waals surface area contributed by atoms with E-state index in [1.54, 1.807) is 12.1 Å². The number of aryl methyl sites for hydroxylation is 1. The molecule has 0 spiro atoms. The average Bonchev–Trinajstić information content (AvgIpc) is 2.89. The lowest BCUT2D eigenvalue weighted by Gasteiger charge is -2.21. The zero-order valence-electron chi connectivity index (χ0n) is 11.1. The maximum Gasteiger partial charge on any atom is 0.326 e. The van der Waals surface area contributed by atoms with Gasteiger partial charge in [-0.05, 0) is 37.5 Å². The first-order valence-corrected chi connectivity index (χ1v) is 6.78. The third-order valence-corrected chi connectivity index (χ3v) is 3.61. The number of likely N-dealkylation sites (tertiary alicyclic amines) is 1. The summed E-state index contributed by atoms with van der Waals surface area (Å²) in [6.07, 6.45) is 1.19. The molecule has 0 radical (unpaired) electrons. The lowest BCUT2D eigenvalue weighted by Crippen LogP contribution is -2.42. The molecule has 1 saturated heterocycles. The fourth-order valence-electron chi connectivity index (χ4n) is 2.27. The van der Waals surface area contributed by atoms with Gasteiger partial charge < -0.3 is 14.7 Å². The lowest BCUT2D eigenvalue weighted by atomic mass is 10.2. The topological polar surface area (TPSA) is 66.8 Å². The van der Waals surface area contributed by atoms with E-state index in [-0.39, 0.29) is 12.5 Å². The van der Waals surface area contributed by atoms with Gasteiger partial charge in [0.2, 0.25) is 0 Å². The van der Waals surface area contributed by atoms with Crippen LogP contribution in [0.25, 0.3) is 0 Å².